The van der Waals surface area contributed by atoms with Crippen LogP contribution in [-0.2, 0) is 12.8 Å². The van der Waals surface area contributed by atoms with Crippen LogP contribution in [0.15, 0.2) is 0 Å². The van der Waals surface area contributed by atoms with E-state index in [0.29, 0.717) is 0 Å². The zero-order valence-electron chi connectivity index (χ0n) is 8.67. The minimum atomic E-state index is 0.148. The number of nitrogens with two attached hydrogens (primary N) is 1. The van der Waals surface area contributed by atoms with Crippen LogP contribution in [0.2, 0.25) is 0 Å². The molecule has 14 heavy (non-hydrogen) atoms. The highest BCUT2D eigenvalue weighted by Crippen LogP contribution is 2.26. The molecule has 76 valence electrons. The van der Waals surface area contributed by atoms with Crippen molar-refractivity contribution in [2.24, 2.45) is 5.73 Å². The van der Waals surface area contributed by atoms with Crippen LogP contribution in [0.25, 0.3) is 0 Å². The number of rotatable bonds is 2. The molecule has 0 saturated carbocycles. The van der Waals surface area contributed by atoms with E-state index >= 15 is 0 Å². The summed E-state index contributed by atoms with van der Waals surface area (Å²) in [5.74, 6) is 0.148. The van der Waals surface area contributed by atoms with E-state index in [1.165, 1.54) is 5.56 Å². The number of nitrogens with one attached hydrogen (secondary N) is 1. The van der Waals surface area contributed by atoms with E-state index < -0.39 is 0 Å². The first kappa shape index (κ1) is 9.24. The molecule has 4 heteroatoms. The van der Waals surface area contributed by atoms with Gasteiger partial charge in [0.05, 0.1) is 5.69 Å². The van der Waals surface area contributed by atoms with E-state index in [2.05, 4.69) is 18.9 Å². The lowest BCUT2D eigenvalue weighted by molar-refractivity contribution is 0.519. The Morgan fingerprint density at radius 1 is 1.50 bits per heavy atom. The number of nitrogens with zero attached hydrogens (tertiary/aromatic N) is 2. The molecular weight excluding hydrogens is 176 g/mol. The second kappa shape index (κ2) is 3.12. The van der Waals surface area contributed by atoms with Crippen LogP contribution in [0, 0.1) is 5.41 Å². The molecule has 1 aliphatic carbocycles. The molecule has 0 aromatic carbocycles. The van der Waals surface area contributed by atoms with Gasteiger partial charge in [0, 0.05) is 11.6 Å². The zero-order valence-corrected chi connectivity index (χ0v) is 8.67. The smallest absolute Gasteiger partial charge is 0.141 e. The molecule has 0 bridgehead atoms. The molecule has 1 aliphatic rings. The predicted molar refractivity (Wildman–Crippen MR) is 55.7 cm³/mol. The van der Waals surface area contributed by atoms with E-state index in [1.807, 2.05) is 4.68 Å². The zero-order chi connectivity index (χ0) is 10.3. The third-order valence-corrected chi connectivity index (χ3v) is 2.68. The van der Waals surface area contributed by atoms with Gasteiger partial charge in [-0.2, -0.15) is 5.10 Å². The second-order valence-corrected chi connectivity index (χ2v) is 4.08. The third-order valence-electron chi connectivity index (χ3n) is 2.68. The van der Waals surface area contributed by atoms with Crippen molar-refractivity contribution in [2.45, 2.75) is 39.2 Å². The average Bonchev–Trinajstić information content (AvgIpc) is 2.58. The maximum atomic E-state index is 7.57. The molecule has 0 spiro atoms. The summed E-state index contributed by atoms with van der Waals surface area (Å²) in [6.07, 6.45) is 3.21. The topological polar surface area (TPSA) is 67.7 Å². The van der Waals surface area contributed by atoms with Crippen LogP contribution in [0.3, 0.4) is 0 Å². The molecule has 2 rings (SSSR count). The lowest BCUT2D eigenvalue weighted by Crippen LogP contribution is -2.20. The van der Waals surface area contributed by atoms with Crippen LogP contribution in [0.4, 0.5) is 0 Å². The summed E-state index contributed by atoms with van der Waals surface area (Å²) in [6.45, 7) is 4.13. The molecule has 4 nitrogen and oxygen atoms in total. The Kier molecular flexibility index (Phi) is 2.06. The first-order valence-electron chi connectivity index (χ1n) is 5.06. The monoisotopic (exact) mass is 192 g/mol. The maximum Gasteiger partial charge on any atom is 0.141 e. The average molecular weight is 192 g/mol. The van der Waals surface area contributed by atoms with Crippen molar-refractivity contribution in [1.29, 1.82) is 5.41 Å². The van der Waals surface area contributed by atoms with Gasteiger partial charge in [-0.1, -0.05) is 0 Å². The van der Waals surface area contributed by atoms with Gasteiger partial charge in [-0.05, 0) is 33.1 Å². The van der Waals surface area contributed by atoms with Crippen LogP contribution >= 0.6 is 0 Å². The van der Waals surface area contributed by atoms with Crippen molar-refractivity contribution in [2.75, 3.05) is 0 Å². The summed E-state index contributed by atoms with van der Waals surface area (Å²) in [7, 11) is 0. The first-order chi connectivity index (χ1) is 6.61. The van der Waals surface area contributed by atoms with Crippen molar-refractivity contribution < 1.29 is 0 Å². The Morgan fingerprint density at radius 2 is 2.21 bits per heavy atom. The summed E-state index contributed by atoms with van der Waals surface area (Å²) in [5.41, 5.74) is 8.78. The lowest BCUT2D eigenvalue weighted by atomic mass is 10.2. The Labute approximate surface area is 83.6 Å². The molecule has 1 aromatic rings. The van der Waals surface area contributed by atoms with Gasteiger partial charge in [-0.25, -0.2) is 0 Å². The minimum Gasteiger partial charge on any atom is -0.382 e. The number of hydrogen-bond acceptors (Lipinski definition) is 2. The Morgan fingerprint density at radius 3 is 2.79 bits per heavy atom. The van der Waals surface area contributed by atoms with Gasteiger partial charge in [0.15, 0.2) is 0 Å². The molecule has 1 heterocycles. The van der Waals surface area contributed by atoms with Gasteiger partial charge in [0.1, 0.15) is 11.5 Å². The van der Waals surface area contributed by atoms with Gasteiger partial charge >= 0.3 is 0 Å². The quantitative estimate of drug-likeness (QED) is 0.546. The number of hydrogen-bond donors (Lipinski definition) is 2. The van der Waals surface area contributed by atoms with Crippen LogP contribution in [-0.4, -0.2) is 15.6 Å². The number of amidine groups is 1. The molecule has 0 fully saturated rings. The molecule has 0 radical (unpaired) electrons. The van der Waals surface area contributed by atoms with Crippen molar-refractivity contribution in [1.82, 2.24) is 9.78 Å². The van der Waals surface area contributed by atoms with Crippen molar-refractivity contribution >= 4 is 5.84 Å². The summed E-state index contributed by atoms with van der Waals surface area (Å²) in [6, 6.07) is 0.277. The summed E-state index contributed by atoms with van der Waals surface area (Å²) in [4.78, 5) is 0. The molecule has 1 aromatic heterocycles. The van der Waals surface area contributed by atoms with E-state index in [1.54, 1.807) is 0 Å². The van der Waals surface area contributed by atoms with E-state index in [0.717, 1.165) is 30.7 Å². The molecule has 0 amide bonds. The SMILES string of the molecule is CC(C)n1nc2c(c1C(=N)N)CCC2. The fraction of sp³-hybridized carbons (Fsp3) is 0.600. The van der Waals surface area contributed by atoms with Gasteiger partial charge < -0.3 is 5.73 Å². The van der Waals surface area contributed by atoms with Gasteiger partial charge in [-0.3, -0.25) is 10.1 Å². The number of nitrogen functional groups attached to an aromatic ring is 1. The van der Waals surface area contributed by atoms with E-state index in [4.69, 9.17) is 11.1 Å². The molecule has 0 atom stereocenters. The van der Waals surface area contributed by atoms with Crippen molar-refractivity contribution in [3.8, 4) is 0 Å². The summed E-state index contributed by atoms with van der Waals surface area (Å²) >= 11 is 0. The third kappa shape index (κ3) is 1.22. The fourth-order valence-electron chi connectivity index (χ4n) is 2.07. The van der Waals surface area contributed by atoms with Gasteiger partial charge in [0.2, 0.25) is 0 Å². The summed E-state index contributed by atoms with van der Waals surface area (Å²) in [5, 5.41) is 12.1. The summed E-state index contributed by atoms with van der Waals surface area (Å²) < 4.78 is 1.88. The van der Waals surface area contributed by atoms with Gasteiger partial charge in [0.25, 0.3) is 0 Å². The Balaban J connectivity index is 2.57. The number of fused-ring (bicyclic) bond motifs is 1. The maximum absolute atomic E-state index is 7.57. The van der Waals surface area contributed by atoms with E-state index in [-0.39, 0.29) is 11.9 Å². The van der Waals surface area contributed by atoms with E-state index in [9.17, 15) is 0 Å². The van der Waals surface area contributed by atoms with Crippen molar-refractivity contribution in [3.05, 3.63) is 17.0 Å². The minimum absolute atomic E-state index is 0.148. The Hall–Kier alpha value is -1.32. The first-order valence-corrected chi connectivity index (χ1v) is 5.06. The number of aryl methyl sites for hydroxylation is 1. The largest absolute Gasteiger partial charge is 0.382 e. The standard InChI is InChI=1S/C10H16N4/c1-6(2)14-9(10(11)12)7-4-3-5-8(7)13-14/h6H,3-5H2,1-2H3,(H3,11,12). The van der Waals surface area contributed by atoms with Crippen LogP contribution in [0.5, 0.6) is 0 Å². The molecular formula is C10H16N4. The molecule has 3 N–H and O–H groups in total. The fourth-order valence-corrected chi connectivity index (χ4v) is 2.07. The Bertz CT molecular complexity index is 376. The number of aromatic nitrogens is 2. The van der Waals surface area contributed by atoms with Crippen LogP contribution in [0.1, 0.15) is 43.3 Å². The molecule has 0 unspecified atom stereocenters. The molecule has 0 aliphatic heterocycles. The normalized spacial score (nSPS) is 14.8. The second-order valence-electron chi connectivity index (χ2n) is 4.08. The highest BCUT2D eigenvalue weighted by Gasteiger charge is 2.24. The van der Waals surface area contributed by atoms with Gasteiger partial charge in [-0.15, -0.1) is 0 Å². The lowest BCUT2D eigenvalue weighted by Gasteiger charge is -2.10. The predicted octanol–water partition coefficient (Wildman–Crippen LogP) is 1.24. The highest BCUT2D eigenvalue weighted by molar-refractivity contribution is 5.95. The highest BCUT2D eigenvalue weighted by atomic mass is 15.3. The molecule has 0 saturated heterocycles. The van der Waals surface area contributed by atoms with Crippen LogP contribution < -0.4 is 5.73 Å². The van der Waals surface area contributed by atoms with Crippen molar-refractivity contribution in [3.63, 3.8) is 0 Å².